The minimum absolute atomic E-state index is 0.102. The molecular formula is C18H18ClNO5. The zero-order valence-corrected chi connectivity index (χ0v) is 14.0. The molecule has 2 aromatic carbocycles. The van der Waals surface area contributed by atoms with Crippen LogP contribution in [0.4, 0.5) is 4.79 Å². The number of aliphatic hydroxyl groups is 2. The van der Waals surface area contributed by atoms with Gasteiger partial charge < -0.3 is 20.3 Å². The molecule has 0 radical (unpaired) electrons. The number of aliphatic hydroxyl groups excluding tert-OH is 2. The molecule has 6 nitrogen and oxygen atoms in total. The van der Waals surface area contributed by atoms with E-state index in [2.05, 4.69) is 5.32 Å². The van der Waals surface area contributed by atoms with Crippen molar-refractivity contribution in [2.45, 2.75) is 18.8 Å². The van der Waals surface area contributed by atoms with Crippen LogP contribution >= 0.6 is 11.6 Å². The van der Waals surface area contributed by atoms with Crippen molar-refractivity contribution in [3.05, 3.63) is 70.2 Å². The van der Waals surface area contributed by atoms with E-state index >= 15 is 0 Å². The number of benzene rings is 2. The first-order chi connectivity index (χ1) is 12.0. The lowest BCUT2D eigenvalue weighted by Gasteiger charge is -2.19. The van der Waals surface area contributed by atoms with Gasteiger partial charge in [0.15, 0.2) is 6.29 Å². The first kappa shape index (κ1) is 18.9. The summed E-state index contributed by atoms with van der Waals surface area (Å²) in [6.45, 7) is -0.112. The molecule has 0 aliphatic carbocycles. The van der Waals surface area contributed by atoms with Crippen LogP contribution in [-0.2, 0) is 11.3 Å². The Bertz CT molecular complexity index is 723. The molecule has 0 saturated carbocycles. The van der Waals surface area contributed by atoms with Crippen molar-refractivity contribution in [1.82, 2.24) is 5.32 Å². The van der Waals surface area contributed by atoms with Gasteiger partial charge in [-0.2, -0.15) is 0 Å². The number of carbonyl (C=O) groups excluding carboxylic acids is 2. The SMILES string of the molecule is O=Cc1cc(C(O)C(O)CNC(=O)OCc2ccccc2)ccc1Cl. The fourth-order valence-electron chi connectivity index (χ4n) is 2.13. The maximum Gasteiger partial charge on any atom is 0.407 e. The van der Waals surface area contributed by atoms with Crippen LogP contribution in [0.5, 0.6) is 0 Å². The fourth-order valence-corrected chi connectivity index (χ4v) is 2.29. The van der Waals surface area contributed by atoms with E-state index in [0.29, 0.717) is 11.8 Å². The van der Waals surface area contributed by atoms with Crippen LogP contribution in [0, 0.1) is 0 Å². The number of amides is 1. The maximum absolute atomic E-state index is 11.6. The summed E-state index contributed by atoms with van der Waals surface area (Å²) in [6, 6.07) is 13.5. The Morgan fingerprint density at radius 1 is 1.20 bits per heavy atom. The van der Waals surface area contributed by atoms with Gasteiger partial charge in [0.05, 0.1) is 5.02 Å². The van der Waals surface area contributed by atoms with E-state index in [-0.39, 0.29) is 23.7 Å². The molecule has 2 unspecified atom stereocenters. The van der Waals surface area contributed by atoms with Gasteiger partial charge in [-0.25, -0.2) is 4.79 Å². The van der Waals surface area contributed by atoms with E-state index in [1.165, 1.54) is 18.2 Å². The summed E-state index contributed by atoms with van der Waals surface area (Å²) in [5, 5.41) is 22.7. The summed E-state index contributed by atoms with van der Waals surface area (Å²) in [6.07, 6.45) is -2.71. The summed E-state index contributed by atoms with van der Waals surface area (Å²) < 4.78 is 5.01. The predicted octanol–water partition coefficient (Wildman–Crippen LogP) is 2.47. The molecule has 2 aromatic rings. The Labute approximate surface area is 150 Å². The highest BCUT2D eigenvalue weighted by Crippen LogP contribution is 2.22. The molecular weight excluding hydrogens is 346 g/mol. The lowest BCUT2D eigenvalue weighted by atomic mass is 10.0. The van der Waals surface area contributed by atoms with Crippen molar-refractivity contribution in [1.29, 1.82) is 0 Å². The average molecular weight is 364 g/mol. The minimum atomic E-state index is -1.29. The number of ether oxygens (including phenoxy) is 1. The Kier molecular flexibility index (Phi) is 6.94. The van der Waals surface area contributed by atoms with Gasteiger partial charge >= 0.3 is 6.09 Å². The number of carbonyl (C=O) groups is 2. The van der Waals surface area contributed by atoms with E-state index in [4.69, 9.17) is 16.3 Å². The molecule has 0 aliphatic rings. The van der Waals surface area contributed by atoms with E-state index in [1.807, 2.05) is 30.3 Å². The van der Waals surface area contributed by atoms with Crippen LogP contribution in [0.2, 0.25) is 5.02 Å². The Balaban J connectivity index is 1.83. The zero-order chi connectivity index (χ0) is 18.2. The van der Waals surface area contributed by atoms with Gasteiger partial charge in [-0.05, 0) is 23.3 Å². The average Bonchev–Trinajstić information content (AvgIpc) is 2.65. The van der Waals surface area contributed by atoms with Crippen molar-refractivity contribution in [2.24, 2.45) is 0 Å². The Morgan fingerprint density at radius 2 is 1.92 bits per heavy atom. The second-order valence-electron chi connectivity index (χ2n) is 5.35. The number of aldehydes is 1. The van der Waals surface area contributed by atoms with Gasteiger partial charge in [0, 0.05) is 12.1 Å². The van der Waals surface area contributed by atoms with Gasteiger partial charge in [0.2, 0.25) is 0 Å². The molecule has 25 heavy (non-hydrogen) atoms. The molecule has 1 amide bonds. The monoisotopic (exact) mass is 363 g/mol. The molecule has 0 bridgehead atoms. The molecule has 3 N–H and O–H groups in total. The second kappa shape index (κ2) is 9.17. The van der Waals surface area contributed by atoms with E-state index in [9.17, 15) is 19.8 Å². The van der Waals surface area contributed by atoms with Crippen LogP contribution in [0.25, 0.3) is 0 Å². The van der Waals surface area contributed by atoms with Crippen LogP contribution in [0.15, 0.2) is 48.5 Å². The van der Waals surface area contributed by atoms with Gasteiger partial charge in [-0.1, -0.05) is 48.0 Å². The lowest BCUT2D eigenvalue weighted by molar-refractivity contribution is 0.0184. The number of rotatable bonds is 7. The molecule has 0 fully saturated rings. The molecule has 2 rings (SSSR count). The molecule has 0 aromatic heterocycles. The number of nitrogens with one attached hydrogen (secondary N) is 1. The summed E-state index contributed by atoms with van der Waals surface area (Å²) in [7, 11) is 0. The molecule has 7 heteroatoms. The predicted molar refractivity (Wildman–Crippen MR) is 92.4 cm³/mol. The number of hydrogen-bond acceptors (Lipinski definition) is 5. The number of hydrogen-bond donors (Lipinski definition) is 3. The summed E-state index contributed by atoms with van der Waals surface area (Å²) in [5.41, 5.74) is 1.36. The standard InChI is InChI=1S/C18H18ClNO5/c19-15-7-6-13(8-14(15)10-21)17(23)16(22)9-20-18(24)25-11-12-4-2-1-3-5-12/h1-8,10,16-17,22-23H,9,11H2,(H,20,24). The van der Waals surface area contributed by atoms with E-state index in [0.717, 1.165) is 5.56 Å². The zero-order valence-electron chi connectivity index (χ0n) is 13.3. The lowest BCUT2D eigenvalue weighted by Crippen LogP contribution is -2.35. The summed E-state index contributed by atoms with van der Waals surface area (Å²) >= 11 is 5.82. The summed E-state index contributed by atoms with van der Waals surface area (Å²) in [4.78, 5) is 22.5. The maximum atomic E-state index is 11.6. The van der Waals surface area contributed by atoms with Crippen molar-refractivity contribution in [2.75, 3.05) is 6.54 Å². The van der Waals surface area contributed by atoms with Crippen LogP contribution in [0.3, 0.4) is 0 Å². The third-order valence-corrected chi connectivity index (χ3v) is 3.87. The van der Waals surface area contributed by atoms with Crippen molar-refractivity contribution in [3.63, 3.8) is 0 Å². The van der Waals surface area contributed by atoms with Crippen molar-refractivity contribution in [3.8, 4) is 0 Å². The van der Waals surface area contributed by atoms with Gasteiger partial charge in [-0.15, -0.1) is 0 Å². The smallest absolute Gasteiger partial charge is 0.407 e. The van der Waals surface area contributed by atoms with E-state index in [1.54, 1.807) is 0 Å². The first-order valence-corrected chi connectivity index (χ1v) is 7.94. The fraction of sp³-hybridized carbons (Fsp3) is 0.222. The third-order valence-electron chi connectivity index (χ3n) is 3.52. The largest absolute Gasteiger partial charge is 0.445 e. The summed E-state index contributed by atoms with van der Waals surface area (Å²) in [5.74, 6) is 0. The van der Waals surface area contributed by atoms with Crippen LogP contribution in [0.1, 0.15) is 27.6 Å². The topological polar surface area (TPSA) is 95.9 Å². The molecule has 0 aliphatic heterocycles. The Morgan fingerprint density at radius 3 is 2.60 bits per heavy atom. The molecule has 2 atom stereocenters. The number of alkyl carbamates (subject to hydrolysis) is 1. The molecule has 0 spiro atoms. The van der Waals surface area contributed by atoms with Crippen molar-refractivity contribution < 1.29 is 24.5 Å². The molecule has 0 saturated heterocycles. The molecule has 132 valence electrons. The van der Waals surface area contributed by atoms with Crippen LogP contribution < -0.4 is 5.32 Å². The van der Waals surface area contributed by atoms with Gasteiger partial charge in [0.1, 0.15) is 18.8 Å². The Hall–Kier alpha value is -2.41. The van der Waals surface area contributed by atoms with E-state index < -0.39 is 18.3 Å². The van der Waals surface area contributed by atoms with Gasteiger partial charge in [-0.3, -0.25) is 4.79 Å². The van der Waals surface area contributed by atoms with Crippen molar-refractivity contribution >= 4 is 24.0 Å². The number of halogens is 1. The minimum Gasteiger partial charge on any atom is -0.445 e. The second-order valence-corrected chi connectivity index (χ2v) is 5.76. The highest BCUT2D eigenvalue weighted by molar-refractivity contribution is 6.32. The highest BCUT2D eigenvalue weighted by Gasteiger charge is 2.20. The molecule has 0 heterocycles. The quantitative estimate of drug-likeness (QED) is 0.657. The highest BCUT2D eigenvalue weighted by atomic mass is 35.5. The van der Waals surface area contributed by atoms with Crippen LogP contribution in [-0.4, -0.2) is 35.2 Å². The first-order valence-electron chi connectivity index (χ1n) is 7.56. The van der Waals surface area contributed by atoms with Gasteiger partial charge in [0.25, 0.3) is 0 Å². The third kappa shape index (κ3) is 5.56. The normalized spacial score (nSPS) is 12.9.